The molecular weight excluding hydrogens is 516 g/mol. The number of methoxy groups -OCH3 is 1. The molecule has 6 heteroatoms. The molecule has 41 heavy (non-hydrogen) atoms. The summed E-state index contributed by atoms with van der Waals surface area (Å²) >= 11 is 0. The molecule has 2 aromatic carbocycles. The van der Waals surface area contributed by atoms with Gasteiger partial charge in [-0.2, -0.15) is 0 Å². The lowest BCUT2D eigenvalue weighted by Crippen LogP contribution is -2.21. The van der Waals surface area contributed by atoms with Crippen molar-refractivity contribution in [2.75, 3.05) is 33.5 Å². The number of benzene rings is 2. The zero-order valence-corrected chi connectivity index (χ0v) is 24.7. The second-order valence-electron chi connectivity index (χ2n) is 11.1. The summed E-state index contributed by atoms with van der Waals surface area (Å²) in [7, 11) is 1.48. The van der Waals surface area contributed by atoms with Crippen LogP contribution in [0.5, 0.6) is 0 Å². The van der Waals surface area contributed by atoms with Crippen LogP contribution in [-0.2, 0) is 23.8 Å². The van der Waals surface area contributed by atoms with Crippen molar-refractivity contribution >= 4 is 11.9 Å². The van der Waals surface area contributed by atoms with Crippen molar-refractivity contribution in [3.8, 4) is 11.1 Å². The van der Waals surface area contributed by atoms with Gasteiger partial charge in [-0.15, -0.1) is 0 Å². The number of carbonyl (C=O) groups is 2. The summed E-state index contributed by atoms with van der Waals surface area (Å²) in [4.78, 5) is 24.3. The fraction of sp³-hybridized carbons (Fsp3) is 0.486. The highest BCUT2D eigenvalue weighted by atomic mass is 16.5. The molecule has 1 saturated carbocycles. The molecule has 0 saturated heterocycles. The first-order valence-corrected chi connectivity index (χ1v) is 14.9. The Balaban J connectivity index is 1.63. The first-order valence-electron chi connectivity index (χ1n) is 14.9. The first kappa shape index (κ1) is 32.3. The number of rotatable bonds is 16. The number of carbonyl (C=O) groups excluding carboxylic acids is 2. The fourth-order valence-corrected chi connectivity index (χ4v) is 5.46. The standard InChI is InChI=1S/C35H46O6/c1-5-6-7-8-27-9-11-28(12-10-27)29-13-15-30(16-14-29)31-17-19-32(20-18-31)33(23-40-34(37)25(2)21-36)24-41-35(38)26(3)22-39-4/h13-20,27-28,33,36H,2-3,5-12,21-24H2,1,4H3. The van der Waals surface area contributed by atoms with E-state index >= 15 is 0 Å². The largest absolute Gasteiger partial charge is 0.461 e. The van der Waals surface area contributed by atoms with Crippen molar-refractivity contribution in [1.82, 2.24) is 0 Å². The summed E-state index contributed by atoms with van der Waals surface area (Å²) < 4.78 is 15.7. The number of aliphatic hydroxyl groups is 1. The van der Waals surface area contributed by atoms with E-state index in [-0.39, 0.29) is 31.0 Å². The van der Waals surface area contributed by atoms with Crippen LogP contribution in [0.2, 0.25) is 0 Å². The van der Waals surface area contributed by atoms with Gasteiger partial charge < -0.3 is 19.3 Å². The third-order valence-corrected chi connectivity index (χ3v) is 8.08. The third kappa shape index (κ3) is 9.98. The normalized spacial score (nSPS) is 17.4. The van der Waals surface area contributed by atoms with Crippen LogP contribution < -0.4 is 0 Å². The Bertz CT molecular complexity index is 1130. The maximum absolute atomic E-state index is 12.3. The maximum atomic E-state index is 12.3. The summed E-state index contributed by atoms with van der Waals surface area (Å²) in [5.41, 5.74) is 4.67. The molecule has 1 aliphatic rings. The van der Waals surface area contributed by atoms with Gasteiger partial charge in [0.25, 0.3) is 0 Å². The number of hydrogen-bond acceptors (Lipinski definition) is 6. The van der Waals surface area contributed by atoms with Gasteiger partial charge in [0.15, 0.2) is 0 Å². The van der Waals surface area contributed by atoms with E-state index in [0.29, 0.717) is 5.92 Å². The van der Waals surface area contributed by atoms with E-state index in [4.69, 9.17) is 19.3 Å². The van der Waals surface area contributed by atoms with Gasteiger partial charge in [-0.3, -0.25) is 0 Å². The Morgan fingerprint density at radius 2 is 1.41 bits per heavy atom. The topological polar surface area (TPSA) is 82.1 Å². The van der Waals surface area contributed by atoms with E-state index in [1.165, 1.54) is 64.0 Å². The summed E-state index contributed by atoms with van der Waals surface area (Å²) in [6.07, 6.45) is 10.7. The molecule has 6 nitrogen and oxygen atoms in total. The molecule has 3 rings (SSSR count). The SMILES string of the molecule is C=C(CO)C(=O)OCC(COC(=O)C(=C)COC)c1ccc(-c2ccc(C3CCC(CCCCC)CC3)cc2)cc1. The van der Waals surface area contributed by atoms with E-state index < -0.39 is 24.5 Å². The lowest BCUT2D eigenvalue weighted by atomic mass is 9.77. The Hall–Kier alpha value is -3.22. The number of esters is 2. The highest BCUT2D eigenvalue weighted by molar-refractivity contribution is 5.88. The second-order valence-corrected chi connectivity index (χ2v) is 11.1. The van der Waals surface area contributed by atoms with E-state index in [1.807, 2.05) is 24.3 Å². The molecule has 0 aliphatic heterocycles. The highest BCUT2D eigenvalue weighted by Crippen LogP contribution is 2.38. The Morgan fingerprint density at radius 3 is 1.95 bits per heavy atom. The predicted octanol–water partition coefficient (Wildman–Crippen LogP) is 7.13. The number of hydrogen-bond donors (Lipinski definition) is 1. The van der Waals surface area contributed by atoms with Gasteiger partial charge in [-0.05, 0) is 59.8 Å². The summed E-state index contributed by atoms with van der Waals surface area (Å²) in [5.74, 6) is -0.0942. The third-order valence-electron chi connectivity index (χ3n) is 8.08. The predicted molar refractivity (Wildman–Crippen MR) is 163 cm³/mol. The van der Waals surface area contributed by atoms with Crippen molar-refractivity contribution < 1.29 is 28.9 Å². The minimum atomic E-state index is -0.686. The van der Waals surface area contributed by atoms with Crippen molar-refractivity contribution in [3.63, 3.8) is 0 Å². The molecule has 1 N–H and O–H groups in total. The molecule has 0 aromatic heterocycles. The molecule has 0 amide bonds. The second kappa shape index (κ2) is 16.9. The van der Waals surface area contributed by atoms with Crippen LogP contribution in [0.4, 0.5) is 0 Å². The molecular formula is C35H46O6. The van der Waals surface area contributed by atoms with Gasteiger partial charge in [-0.1, -0.05) is 94.3 Å². The van der Waals surface area contributed by atoms with Crippen molar-refractivity contribution in [1.29, 1.82) is 0 Å². The molecule has 2 aromatic rings. The van der Waals surface area contributed by atoms with E-state index in [0.717, 1.165) is 22.6 Å². The van der Waals surface area contributed by atoms with Gasteiger partial charge in [-0.25, -0.2) is 9.59 Å². The smallest absolute Gasteiger partial charge is 0.335 e. The zero-order chi connectivity index (χ0) is 29.6. The average Bonchev–Trinajstić information content (AvgIpc) is 3.01. The summed E-state index contributed by atoms with van der Waals surface area (Å²) in [6, 6.07) is 16.9. The van der Waals surface area contributed by atoms with Gasteiger partial charge in [0.2, 0.25) is 0 Å². The molecule has 1 aliphatic carbocycles. The van der Waals surface area contributed by atoms with Gasteiger partial charge in [0, 0.05) is 7.11 Å². The van der Waals surface area contributed by atoms with Crippen LogP contribution in [0.3, 0.4) is 0 Å². The molecule has 0 spiro atoms. The lowest BCUT2D eigenvalue weighted by molar-refractivity contribution is -0.143. The van der Waals surface area contributed by atoms with Crippen LogP contribution >= 0.6 is 0 Å². The van der Waals surface area contributed by atoms with Crippen molar-refractivity contribution in [2.24, 2.45) is 5.92 Å². The summed E-state index contributed by atoms with van der Waals surface area (Å²) in [5, 5.41) is 9.16. The number of ether oxygens (including phenoxy) is 3. The number of aliphatic hydroxyl groups excluding tert-OH is 1. The van der Waals surface area contributed by atoms with Gasteiger partial charge >= 0.3 is 11.9 Å². The first-order chi connectivity index (χ1) is 19.9. The summed E-state index contributed by atoms with van der Waals surface area (Å²) in [6.45, 7) is 9.01. The molecule has 222 valence electrons. The minimum Gasteiger partial charge on any atom is -0.461 e. The molecule has 1 fully saturated rings. The van der Waals surface area contributed by atoms with Crippen molar-refractivity contribution in [2.45, 2.75) is 70.1 Å². The zero-order valence-electron chi connectivity index (χ0n) is 24.7. The minimum absolute atomic E-state index is 0.00462. The van der Waals surface area contributed by atoms with E-state index in [9.17, 15) is 9.59 Å². The Labute approximate surface area is 245 Å². The fourth-order valence-electron chi connectivity index (χ4n) is 5.46. The lowest BCUT2D eigenvalue weighted by Gasteiger charge is -2.29. The molecule has 0 heterocycles. The average molecular weight is 563 g/mol. The monoisotopic (exact) mass is 562 g/mol. The van der Waals surface area contributed by atoms with Crippen molar-refractivity contribution in [3.05, 3.63) is 84.0 Å². The number of unbranched alkanes of at least 4 members (excludes halogenated alkanes) is 2. The molecule has 1 atom stereocenters. The van der Waals surface area contributed by atoms with Crippen LogP contribution in [-0.4, -0.2) is 50.6 Å². The van der Waals surface area contributed by atoms with Gasteiger partial charge in [0.1, 0.15) is 13.2 Å². The Morgan fingerprint density at radius 1 is 0.854 bits per heavy atom. The van der Waals surface area contributed by atoms with Crippen LogP contribution in [0.1, 0.15) is 81.3 Å². The molecule has 1 unspecified atom stereocenters. The maximum Gasteiger partial charge on any atom is 0.335 e. The molecule has 0 radical (unpaired) electrons. The van der Waals surface area contributed by atoms with E-state index in [2.05, 4.69) is 44.3 Å². The Kier molecular flexibility index (Phi) is 13.3. The molecule has 0 bridgehead atoms. The van der Waals surface area contributed by atoms with Gasteiger partial charge in [0.05, 0.1) is 30.3 Å². The van der Waals surface area contributed by atoms with Crippen LogP contribution in [0, 0.1) is 5.92 Å². The van der Waals surface area contributed by atoms with Crippen LogP contribution in [0.25, 0.3) is 11.1 Å². The quantitative estimate of drug-likeness (QED) is 0.133. The van der Waals surface area contributed by atoms with E-state index in [1.54, 1.807) is 0 Å². The van der Waals surface area contributed by atoms with Crippen LogP contribution in [0.15, 0.2) is 72.8 Å². The highest BCUT2D eigenvalue weighted by Gasteiger charge is 2.22.